The highest BCUT2D eigenvalue weighted by molar-refractivity contribution is 5.80. The van der Waals surface area contributed by atoms with Gasteiger partial charge in [-0.25, -0.2) is 0 Å². The summed E-state index contributed by atoms with van der Waals surface area (Å²) >= 11 is 0. The van der Waals surface area contributed by atoms with Gasteiger partial charge in [0.05, 0.1) is 11.8 Å². The molecular weight excluding hydrogens is 454 g/mol. The molecule has 0 aliphatic heterocycles. The van der Waals surface area contributed by atoms with Gasteiger partial charge < -0.3 is 19.4 Å². The van der Waals surface area contributed by atoms with Gasteiger partial charge in [0.15, 0.2) is 0 Å². The summed E-state index contributed by atoms with van der Waals surface area (Å²) in [6.07, 6.45) is 1.35. The van der Waals surface area contributed by atoms with Crippen molar-refractivity contribution in [3.8, 4) is 23.5 Å². The predicted molar refractivity (Wildman–Crippen MR) is 138 cm³/mol. The highest BCUT2D eigenvalue weighted by Gasteiger charge is 2.22. The number of aryl methyl sites for hydroxylation is 1. The van der Waals surface area contributed by atoms with Crippen molar-refractivity contribution >= 4 is 6.21 Å². The predicted octanol–water partition coefficient (Wildman–Crippen LogP) is 6.67. The van der Waals surface area contributed by atoms with Gasteiger partial charge in [-0.3, -0.25) is 0 Å². The molecule has 0 aliphatic rings. The molecule has 0 spiro atoms. The van der Waals surface area contributed by atoms with Crippen molar-refractivity contribution in [2.75, 3.05) is 0 Å². The zero-order valence-corrected chi connectivity index (χ0v) is 20.6. The third-order valence-electron chi connectivity index (χ3n) is 5.36. The second kappa shape index (κ2) is 11.8. The number of benzene rings is 3. The lowest BCUT2D eigenvalue weighted by molar-refractivity contribution is 0.249. The maximum Gasteiger partial charge on any atom is 0.323 e. The van der Waals surface area contributed by atoms with E-state index in [9.17, 15) is 0 Å². The molecule has 0 atom stereocenters. The van der Waals surface area contributed by atoms with Crippen LogP contribution in [0.15, 0.2) is 84.0 Å². The molecule has 1 N–H and O–H groups in total. The SMILES string of the molecule is Cc1cc(C=NO)cc(Oc2nc(OCc3ccccc3)nc(OCc3ccccc3)c2C(C)C)c1. The van der Waals surface area contributed by atoms with Crippen molar-refractivity contribution in [2.24, 2.45) is 5.16 Å². The van der Waals surface area contributed by atoms with Crippen LogP contribution in [0, 0.1) is 6.92 Å². The van der Waals surface area contributed by atoms with Crippen LogP contribution in [0.5, 0.6) is 23.5 Å². The topological polar surface area (TPSA) is 86.1 Å². The summed E-state index contributed by atoms with van der Waals surface area (Å²) in [6, 6.07) is 25.4. The van der Waals surface area contributed by atoms with E-state index in [1.165, 1.54) is 6.21 Å². The lowest BCUT2D eigenvalue weighted by Crippen LogP contribution is -2.09. The quantitative estimate of drug-likeness (QED) is 0.154. The summed E-state index contributed by atoms with van der Waals surface area (Å²) in [5.74, 6) is 1.32. The van der Waals surface area contributed by atoms with Gasteiger partial charge >= 0.3 is 6.01 Å². The molecule has 0 aliphatic carbocycles. The second-order valence-electron chi connectivity index (χ2n) is 8.66. The first-order valence-electron chi connectivity index (χ1n) is 11.7. The molecule has 0 saturated heterocycles. The van der Waals surface area contributed by atoms with Gasteiger partial charge in [0.1, 0.15) is 19.0 Å². The molecule has 0 unspecified atom stereocenters. The van der Waals surface area contributed by atoms with Crippen molar-refractivity contribution < 1.29 is 19.4 Å². The summed E-state index contributed by atoms with van der Waals surface area (Å²) < 4.78 is 18.4. The Morgan fingerprint density at radius 1 is 0.833 bits per heavy atom. The van der Waals surface area contributed by atoms with Crippen LogP contribution in [0.4, 0.5) is 0 Å². The molecule has 0 amide bonds. The van der Waals surface area contributed by atoms with Crippen LogP contribution < -0.4 is 14.2 Å². The van der Waals surface area contributed by atoms with Crippen molar-refractivity contribution in [2.45, 2.75) is 39.9 Å². The number of rotatable bonds is 10. The molecule has 3 aromatic carbocycles. The van der Waals surface area contributed by atoms with Crippen molar-refractivity contribution in [3.63, 3.8) is 0 Å². The number of hydrogen-bond donors (Lipinski definition) is 1. The number of hydrogen-bond acceptors (Lipinski definition) is 7. The molecule has 7 heteroatoms. The summed E-state index contributed by atoms with van der Waals surface area (Å²) in [4.78, 5) is 9.21. The Kier molecular flexibility index (Phi) is 8.13. The third kappa shape index (κ3) is 6.60. The zero-order chi connectivity index (χ0) is 25.3. The molecule has 0 bridgehead atoms. The van der Waals surface area contributed by atoms with Crippen molar-refractivity contribution in [1.82, 2.24) is 9.97 Å². The first kappa shape index (κ1) is 24.7. The highest BCUT2D eigenvalue weighted by Crippen LogP contribution is 2.37. The van der Waals surface area contributed by atoms with E-state index >= 15 is 0 Å². The second-order valence-corrected chi connectivity index (χ2v) is 8.66. The average molecular weight is 484 g/mol. The smallest absolute Gasteiger partial charge is 0.323 e. The summed E-state index contributed by atoms with van der Waals surface area (Å²) in [5, 5.41) is 12.1. The first-order valence-corrected chi connectivity index (χ1v) is 11.7. The molecule has 4 aromatic rings. The fraction of sp³-hybridized carbons (Fsp3) is 0.207. The van der Waals surface area contributed by atoms with Gasteiger partial charge in [0.25, 0.3) is 0 Å². The van der Waals surface area contributed by atoms with Crippen LogP contribution in [0.3, 0.4) is 0 Å². The normalized spacial score (nSPS) is 11.1. The Morgan fingerprint density at radius 3 is 2.06 bits per heavy atom. The minimum Gasteiger partial charge on any atom is -0.472 e. The van der Waals surface area contributed by atoms with E-state index < -0.39 is 0 Å². The van der Waals surface area contributed by atoms with E-state index in [1.807, 2.05) is 93.6 Å². The van der Waals surface area contributed by atoms with Crippen LogP contribution in [-0.4, -0.2) is 21.4 Å². The minimum atomic E-state index is 0.0113. The van der Waals surface area contributed by atoms with Crippen LogP contribution >= 0.6 is 0 Å². The largest absolute Gasteiger partial charge is 0.472 e. The van der Waals surface area contributed by atoms with E-state index in [0.717, 1.165) is 22.3 Å². The summed E-state index contributed by atoms with van der Waals surface area (Å²) in [5.41, 5.74) is 4.40. The van der Waals surface area contributed by atoms with Crippen LogP contribution in [0.1, 0.15) is 47.6 Å². The Hall–Kier alpha value is -4.39. The molecule has 1 heterocycles. The highest BCUT2D eigenvalue weighted by atomic mass is 16.5. The maximum atomic E-state index is 8.96. The fourth-order valence-corrected chi connectivity index (χ4v) is 3.69. The Labute approximate surface area is 211 Å². The van der Waals surface area contributed by atoms with E-state index in [4.69, 9.17) is 19.4 Å². The van der Waals surface area contributed by atoms with E-state index in [2.05, 4.69) is 15.1 Å². The van der Waals surface area contributed by atoms with Gasteiger partial charge in [0.2, 0.25) is 11.8 Å². The van der Waals surface area contributed by atoms with Crippen molar-refractivity contribution in [1.29, 1.82) is 0 Å². The van der Waals surface area contributed by atoms with Gasteiger partial charge in [-0.2, -0.15) is 9.97 Å². The first-order chi connectivity index (χ1) is 17.5. The van der Waals surface area contributed by atoms with Gasteiger partial charge in [-0.05, 0) is 41.7 Å². The lowest BCUT2D eigenvalue weighted by atomic mass is 10.1. The van der Waals surface area contributed by atoms with Gasteiger partial charge in [0, 0.05) is 5.56 Å². The molecule has 7 nitrogen and oxygen atoms in total. The van der Waals surface area contributed by atoms with Gasteiger partial charge in [-0.1, -0.05) is 85.7 Å². The number of oxime groups is 1. The number of aromatic nitrogens is 2. The molecule has 1 aromatic heterocycles. The molecule has 184 valence electrons. The van der Waals surface area contributed by atoms with E-state index in [0.29, 0.717) is 36.3 Å². The Morgan fingerprint density at radius 2 is 1.44 bits per heavy atom. The third-order valence-corrected chi connectivity index (χ3v) is 5.36. The minimum absolute atomic E-state index is 0.0113. The lowest BCUT2D eigenvalue weighted by Gasteiger charge is -2.18. The number of ether oxygens (including phenoxy) is 3. The maximum absolute atomic E-state index is 8.96. The summed E-state index contributed by atoms with van der Waals surface area (Å²) in [7, 11) is 0. The zero-order valence-electron chi connectivity index (χ0n) is 20.6. The molecule has 0 fully saturated rings. The van der Waals surface area contributed by atoms with Crippen LogP contribution in [-0.2, 0) is 13.2 Å². The Bertz CT molecular complexity index is 1310. The van der Waals surface area contributed by atoms with Gasteiger partial charge in [-0.15, -0.1) is 0 Å². The summed E-state index contributed by atoms with van der Waals surface area (Å²) in [6.45, 7) is 6.66. The number of nitrogens with zero attached hydrogens (tertiary/aromatic N) is 3. The molecular formula is C29H29N3O4. The van der Waals surface area contributed by atoms with E-state index in [1.54, 1.807) is 6.07 Å². The van der Waals surface area contributed by atoms with Crippen LogP contribution in [0.25, 0.3) is 0 Å². The molecule has 4 rings (SSSR count). The molecule has 36 heavy (non-hydrogen) atoms. The molecule has 0 radical (unpaired) electrons. The standard InChI is InChI=1S/C29H29N3O4/c1-20(2)26-27(34-18-22-10-6-4-7-11-22)31-29(35-19-23-12-8-5-9-13-23)32-28(26)36-25-15-21(3)14-24(16-25)17-30-33/h4-17,20,33H,18-19H2,1-3H3. The van der Waals surface area contributed by atoms with E-state index in [-0.39, 0.29) is 11.9 Å². The van der Waals surface area contributed by atoms with Crippen molar-refractivity contribution in [3.05, 3.63) is 107 Å². The molecule has 0 saturated carbocycles. The van der Waals surface area contributed by atoms with Crippen LogP contribution in [0.2, 0.25) is 0 Å². The fourth-order valence-electron chi connectivity index (χ4n) is 3.69. The average Bonchev–Trinajstić information content (AvgIpc) is 2.87. The monoisotopic (exact) mass is 483 g/mol. The Balaban J connectivity index is 1.71.